The van der Waals surface area contributed by atoms with Crippen LogP contribution in [0.25, 0.3) is 0 Å². The summed E-state index contributed by atoms with van der Waals surface area (Å²) in [7, 11) is 0. The first-order chi connectivity index (χ1) is 8.88. The number of ether oxygens (including phenoxy) is 2. The Labute approximate surface area is 106 Å². The van der Waals surface area contributed by atoms with Gasteiger partial charge in [0, 0.05) is 12.6 Å². The highest BCUT2D eigenvalue weighted by atomic mass is 16.5. The summed E-state index contributed by atoms with van der Waals surface area (Å²) in [6, 6.07) is 3.69. The van der Waals surface area contributed by atoms with Crippen molar-refractivity contribution >= 4 is 5.69 Å². The molecule has 0 aliphatic carbocycles. The first-order valence-corrected chi connectivity index (χ1v) is 6.08. The number of pyridine rings is 1. The second-order valence-corrected chi connectivity index (χ2v) is 4.01. The minimum absolute atomic E-state index is 0.00413. The molecule has 0 saturated heterocycles. The standard InChI is InChI=1S/C13H18N2O3/c16-5-7-18-13-4-3-12(9-15-13)14-8-11-2-1-6-17-10-11/h2-4,9,14,16H,1,5-8,10H2. The largest absolute Gasteiger partial charge is 0.475 e. The van der Waals surface area contributed by atoms with Crippen LogP contribution >= 0.6 is 0 Å². The lowest BCUT2D eigenvalue weighted by molar-refractivity contribution is 0.150. The summed E-state index contributed by atoms with van der Waals surface area (Å²) < 4.78 is 10.6. The van der Waals surface area contributed by atoms with E-state index in [4.69, 9.17) is 14.6 Å². The molecule has 98 valence electrons. The SMILES string of the molecule is OCCOc1ccc(NCC2=CCCOC2)cn1. The molecule has 0 radical (unpaired) electrons. The van der Waals surface area contributed by atoms with E-state index in [9.17, 15) is 0 Å². The van der Waals surface area contributed by atoms with Gasteiger partial charge in [-0.25, -0.2) is 4.98 Å². The van der Waals surface area contributed by atoms with Crippen LogP contribution in [0.15, 0.2) is 30.0 Å². The van der Waals surface area contributed by atoms with Crippen LogP contribution in [0.1, 0.15) is 6.42 Å². The van der Waals surface area contributed by atoms with Gasteiger partial charge in [-0.3, -0.25) is 0 Å². The monoisotopic (exact) mass is 250 g/mol. The molecular formula is C13H18N2O3. The number of hydrogen-bond donors (Lipinski definition) is 2. The second-order valence-electron chi connectivity index (χ2n) is 4.01. The van der Waals surface area contributed by atoms with Crippen molar-refractivity contribution in [2.24, 2.45) is 0 Å². The zero-order chi connectivity index (χ0) is 12.6. The highest BCUT2D eigenvalue weighted by Crippen LogP contribution is 2.13. The van der Waals surface area contributed by atoms with Gasteiger partial charge < -0.3 is 19.9 Å². The third-order valence-electron chi connectivity index (χ3n) is 2.58. The van der Waals surface area contributed by atoms with Crippen LogP contribution in [-0.4, -0.2) is 43.1 Å². The molecule has 0 amide bonds. The quantitative estimate of drug-likeness (QED) is 0.743. The lowest BCUT2D eigenvalue weighted by Crippen LogP contribution is -2.14. The van der Waals surface area contributed by atoms with Gasteiger partial charge in [-0.1, -0.05) is 6.08 Å². The fraction of sp³-hybridized carbons (Fsp3) is 0.462. The Morgan fingerprint density at radius 3 is 3.06 bits per heavy atom. The summed E-state index contributed by atoms with van der Waals surface area (Å²) in [5.41, 5.74) is 2.21. The van der Waals surface area contributed by atoms with Gasteiger partial charge in [-0.2, -0.15) is 0 Å². The third-order valence-corrected chi connectivity index (χ3v) is 2.58. The molecular weight excluding hydrogens is 232 g/mol. The number of anilines is 1. The van der Waals surface area contributed by atoms with E-state index in [1.54, 1.807) is 12.3 Å². The Bertz CT molecular complexity index is 390. The average Bonchev–Trinajstić information content (AvgIpc) is 2.45. The highest BCUT2D eigenvalue weighted by molar-refractivity contribution is 5.43. The summed E-state index contributed by atoms with van der Waals surface area (Å²) in [6.45, 7) is 2.57. The van der Waals surface area contributed by atoms with E-state index in [1.165, 1.54) is 5.57 Å². The Kier molecular flexibility index (Phi) is 4.99. The predicted molar refractivity (Wildman–Crippen MR) is 68.8 cm³/mol. The Morgan fingerprint density at radius 1 is 1.44 bits per heavy atom. The zero-order valence-corrected chi connectivity index (χ0v) is 10.3. The fourth-order valence-corrected chi connectivity index (χ4v) is 1.67. The Balaban J connectivity index is 1.80. The Morgan fingerprint density at radius 2 is 2.39 bits per heavy atom. The number of rotatable bonds is 6. The summed E-state index contributed by atoms with van der Waals surface area (Å²) in [4.78, 5) is 4.13. The number of hydrogen-bond acceptors (Lipinski definition) is 5. The van der Waals surface area contributed by atoms with E-state index < -0.39 is 0 Å². The molecule has 1 aliphatic rings. The van der Waals surface area contributed by atoms with E-state index in [0.717, 1.165) is 25.3 Å². The number of aliphatic hydroxyl groups excluding tert-OH is 1. The van der Waals surface area contributed by atoms with E-state index >= 15 is 0 Å². The molecule has 0 atom stereocenters. The summed E-state index contributed by atoms with van der Waals surface area (Å²) in [6.07, 6.45) is 4.92. The van der Waals surface area contributed by atoms with Gasteiger partial charge >= 0.3 is 0 Å². The number of aromatic nitrogens is 1. The predicted octanol–water partition coefficient (Wildman–Crippen LogP) is 1.21. The number of nitrogens with zero attached hydrogens (tertiary/aromatic N) is 1. The molecule has 18 heavy (non-hydrogen) atoms. The van der Waals surface area contributed by atoms with Crippen LogP contribution < -0.4 is 10.1 Å². The molecule has 0 spiro atoms. The normalized spacial score (nSPS) is 15.1. The highest BCUT2D eigenvalue weighted by Gasteiger charge is 2.03. The van der Waals surface area contributed by atoms with E-state index in [1.807, 2.05) is 6.07 Å². The van der Waals surface area contributed by atoms with Gasteiger partial charge in [0.25, 0.3) is 0 Å². The van der Waals surface area contributed by atoms with Crippen molar-refractivity contribution in [3.05, 3.63) is 30.0 Å². The van der Waals surface area contributed by atoms with Crippen molar-refractivity contribution in [1.29, 1.82) is 0 Å². The van der Waals surface area contributed by atoms with Gasteiger partial charge in [-0.15, -0.1) is 0 Å². The van der Waals surface area contributed by atoms with E-state index in [-0.39, 0.29) is 13.2 Å². The molecule has 5 nitrogen and oxygen atoms in total. The smallest absolute Gasteiger partial charge is 0.213 e. The maximum Gasteiger partial charge on any atom is 0.213 e. The third kappa shape index (κ3) is 4.01. The maximum absolute atomic E-state index is 8.63. The van der Waals surface area contributed by atoms with Crippen LogP contribution in [0.5, 0.6) is 5.88 Å². The van der Waals surface area contributed by atoms with Crippen LogP contribution in [0.3, 0.4) is 0 Å². The van der Waals surface area contributed by atoms with Crippen molar-refractivity contribution < 1.29 is 14.6 Å². The molecule has 2 heterocycles. The molecule has 0 bridgehead atoms. The van der Waals surface area contributed by atoms with Gasteiger partial charge in [0.2, 0.25) is 5.88 Å². The minimum atomic E-state index is -0.00413. The first-order valence-electron chi connectivity index (χ1n) is 6.08. The Hall–Kier alpha value is -1.59. The molecule has 2 rings (SSSR count). The summed E-state index contributed by atoms with van der Waals surface area (Å²) >= 11 is 0. The van der Waals surface area contributed by atoms with Crippen LogP contribution in [0.2, 0.25) is 0 Å². The van der Waals surface area contributed by atoms with Crippen molar-refractivity contribution in [3.8, 4) is 5.88 Å². The molecule has 1 aromatic heterocycles. The molecule has 0 unspecified atom stereocenters. The summed E-state index contributed by atoms with van der Waals surface area (Å²) in [5, 5.41) is 11.9. The molecule has 1 aliphatic heterocycles. The second kappa shape index (κ2) is 6.98. The lowest BCUT2D eigenvalue weighted by atomic mass is 10.2. The summed E-state index contributed by atoms with van der Waals surface area (Å²) in [5.74, 6) is 0.523. The van der Waals surface area contributed by atoms with Gasteiger partial charge in [0.05, 0.1) is 31.7 Å². The maximum atomic E-state index is 8.63. The lowest BCUT2D eigenvalue weighted by Gasteiger charge is -2.14. The molecule has 0 saturated carbocycles. The first kappa shape index (κ1) is 12.9. The molecule has 5 heteroatoms. The van der Waals surface area contributed by atoms with Gasteiger partial charge in [-0.05, 0) is 18.1 Å². The molecule has 0 fully saturated rings. The molecule has 2 N–H and O–H groups in total. The zero-order valence-electron chi connectivity index (χ0n) is 10.3. The van der Waals surface area contributed by atoms with E-state index in [0.29, 0.717) is 12.5 Å². The van der Waals surface area contributed by atoms with Crippen molar-refractivity contribution in [1.82, 2.24) is 4.98 Å². The van der Waals surface area contributed by atoms with Crippen molar-refractivity contribution in [2.75, 3.05) is 38.3 Å². The number of aliphatic hydroxyl groups is 1. The number of nitrogens with one attached hydrogen (secondary N) is 1. The molecule has 0 aromatic carbocycles. The van der Waals surface area contributed by atoms with Crippen LogP contribution in [0.4, 0.5) is 5.69 Å². The topological polar surface area (TPSA) is 63.6 Å². The van der Waals surface area contributed by atoms with Crippen molar-refractivity contribution in [3.63, 3.8) is 0 Å². The van der Waals surface area contributed by atoms with Crippen LogP contribution in [0, 0.1) is 0 Å². The minimum Gasteiger partial charge on any atom is -0.475 e. The van der Waals surface area contributed by atoms with Gasteiger partial charge in [0.1, 0.15) is 6.61 Å². The van der Waals surface area contributed by atoms with Crippen LogP contribution in [-0.2, 0) is 4.74 Å². The van der Waals surface area contributed by atoms with Gasteiger partial charge in [0.15, 0.2) is 0 Å². The fourth-order valence-electron chi connectivity index (χ4n) is 1.67. The van der Waals surface area contributed by atoms with E-state index in [2.05, 4.69) is 16.4 Å². The average molecular weight is 250 g/mol. The van der Waals surface area contributed by atoms with Crippen molar-refractivity contribution in [2.45, 2.75) is 6.42 Å². The molecule has 1 aromatic rings.